The lowest BCUT2D eigenvalue weighted by molar-refractivity contribution is -0.118. The summed E-state index contributed by atoms with van der Waals surface area (Å²) >= 11 is 0. The maximum absolute atomic E-state index is 10.5. The number of carbonyl (C=O) groups is 1. The lowest BCUT2D eigenvalue weighted by atomic mass is 10.2. The average molecular weight is 185 g/mol. The minimum atomic E-state index is -0.199. The summed E-state index contributed by atoms with van der Waals surface area (Å²) in [7, 11) is 0. The van der Waals surface area contributed by atoms with Crippen LogP contribution in [0, 0.1) is 0 Å². The predicted molar refractivity (Wildman–Crippen MR) is 51.9 cm³/mol. The predicted octanol–water partition coefficient (Wildman–Crippen LogP) is 0.242. The zero-order valence-electron chi connectivity index (χ0n) is 8.09. The second-order valence-corrected chi connectivity index (χ2v) is 3.53. The fourth-order valence-electron chi connectivity index (χ4n) is 1.56. The van der Waals surface area contributed by atoms with Crippen LogP contribution in [-0.2, 0) is 4.79 Å². The van der Waals surface area contributed by atoms with Crippen LogP contribution in [0.3, 0.4) is 0 Å². The van der Waals surface area contributed by atoms with Crippen molar-refractivity contribution in [2.75, 3.05) is 19.6 Å². The number of nitrogens with one attached hydrogen (secondary N) is 1. The van der Waals surface area contributed by atoms with Crippen molar-refractivity contribution < 1.29 is 4.79 Å². The van der Waals surface area contributed by atoms with Crippen LogP contribution in [0.4, 0.5) is 0 Å². The molecular weight excluding hydrogens is 166 g/mol. The van der Waals surface area contributed by atoms with Gasteiger partial charge in [0.05, 0.1) is 0 Å². The third-order valence-corrected chi connectivity index (χ3v) is 2.29. The Kier molecular flexibility index (Phi) is 4.78. The highest BCUT2D eigenvalue weighted by atomic mass is 16.1. The number of primary amides is 1. The molecule has 0 atom stereocenters. The van der Waals surface area contributed by atoms with Gasteiger partial charge in [0.15, 0.2) is 0 Å². The van der Waals surface area contributed by atoms with E-state index in [1.165, 1.54) is 19.3 Å². The van der Waals surface area contributed by atoms with Crippen molar-refractivity contribution in [1.29, 1.82) is 0 Å². The minimum absolute atomic E-state index is 0.199. The highest BCUT2D eigenvalue weighted by Gasteiger charge is 2.07. The molecule has 1 aliphatic heterocycles. The molecule has 1 rings (SSSR count). The standard InChI is InChI=1S/C9H19N3O/c10-9(13)5-4-8-12-7-3-1-2-6-11-12/h11H,1-8H2,(H2,10,13). The van der Waals surface area contributed by atoms with Gasteiger partial charge in [-0.1, -0.05) is 6.42 Å². The van der Waals surface area contributed by atoms with Gasteiger partial charge in [0.25, 0.3) is 0 Å². The molecule has 0 aliphatic carbocycles. The molecule has 0 aromatic rings. The van der Waals surface area contributed by atoms with E-state index in [1.54, 1.807) is 0 Å². The monoisotopic (exact) mass is 185 g/mol. The minimum Gasteiger partial charge on any atom is -0.370 e. The van der Waals surface area contributed by atoms with Gasteiger partial charge in [0.1, 0.15) is 0 Å². The van der Waals surface area contributed by atoms with Gasteiger partial charge in [-0.25, -0.2) is 5.01 Å². The van der Waals surface area contributed by atoms with Crippen LogP contribution >= 0.6 is 0 Å². The zero-order chi connectivity index (χ0) is 9.52. The molecule has 0 radical (unpaired) electrons. The van der Waals surface area contributed by atoms with Crippen LogP contribution in [0.25, 0.3) is 0 Å². The molecule has 0 spiro atoms. The van der Waals surface area contributed by atoms with Gasteiger partial charge in [-0.2, -0.15) is 0 Å². The molecular formula is C9H19N3O. The Morgan fingerprint density at radius 3 is 3.00 bits per heavy atom. The Morgan fingerprint density at radius 1 is 1.38 bits per heavy atom. The van der Waals surface area contributed by atoms with E-state index in [9.17, 15) is 4.79 Å². The second kappa shape index (κ2) is 5.94. The summed E-state index contributed by atoms with van der Waals surface area (Å²) in [6.07, 6.45) is 5.18. The highest BCUT2D eigenvalue weighted by molar-refractivity contribution is 5.73. The summed E-state index contributed by atoms with van der Waals surface area (Å²) in [5.74, 6) is -0.199. The van der Waals surface area contributed by atoms with Gasteiger partial charge < -0.3 is 5.73 Å². The SMILES string of the molecule is NC(=O)CCCN1CCCCCN1. The van der Waals surface area contributed by atoms with E-state index < -0.39 is 0 Å². The normalized spacial score (nSPS) is 19.7. The molecule has 0 aromatic heterocycles. The van der Waals surface area contributed by atoms with E-state index in [0.29, 0.717) is 6.42 Å². The van der Waals surface area contributed by atoms with Crippen molar-refractivity contribution in [1.82, 2.24) is 10.4 Å². The first-order valence-electron chi connectivity index (χ1n) is 5.06. The van der Waals surface area contributed by atoms with Crippen LogP contribution in [0.15, 0.2) is 0 Å². The number of amides is 1. The average Bonchev–Trinajstić information content (AvgIpc) is 2.32. The fraction of sp³-hybridized carbons (Fsp3) is 0.889. The molecule has 1 saturated heterocycles. The maximum Gasteiger partial charge on any atom is 0.217 e. The summed E-state index contributed by atoms with van der Waals surface area (Å²) in [5.41, 5.74) is 8.40. The molecule has 1 aliphatic rings. The van der Waals surface area contributed by atoms with Crippen LogP contribution < -0.4 is 11.2 Å². The van der Waals surface area contributed by atoms with E-state index in [2.05, 4.69) is 10.4 Å². The third kappa shape index (κ3) is 4.85. The van der Waals surface area contributed by atoms with Gasteiger partial charge in [-0.3, -0.25) is 10.2 Å². The van der Waals surface area contributed by atoms with Gasteiger partial charge in [-0.05, 0) is 19.3 Å². The van der Waals surface area contributed by atoms with E-state index in [0.717, 1.165) is 26.1 Å². The largest absolute Gasteiger partial charge is 0.370 e. The van der Waals surface area contributed by atoms with Crippen molar-refractivity contribution >= 4 is 5.91 Å². The van der Waals surface area contributed by atoms with E-state index in [1.807, 2.05) is 0 Å². The number of rotatable bonds is 4. The first-order chi connectivity index (χ1) is 6.29. The molecule has 4 nitrogen and oxygen atoms in total. The molecule has 0 saturated carbocycles. The molecule has 4 heteroatoms. The van der Waals surface area contributed by atoms with Gasteiger partial charge in [0.2, 0.25) is 5.91 Å². The second-order valence-electron chi connectivity index (χ2n) is 3.53. The first kappa shape index (κ1) is 10.5. The van der Waals surface area contributed by atoms with Gasteiger partial charge >= 0.3 is 0 Å². The number of hydrogen-bond donors (Lipinski definition) is 2. The summed E-state index contributed by atoms with van der Waals surface area (Å²) in [6, 6.07) is 0. The number of hydrazine groups is 1. The van der Waals surface area contributed by atoms with Crippen LogP contribution in [0.1, 0.15) is 32.1 Å². The lowest BCUT2D eigenvalue weighted by Crippen LogP contribution is -2.38. The van der Waals surface area contributed by atoms with E-state index in [4.69, 9.17) is 5.73 Å². The molecule has 3 N–H and O–H groups in total. The molecule has 0 aromatic carbocycles. The maximum atomic E-state index is 10.5. The summed E-state index contributed by atoms with van der Waals surface area (Å²) in [5, 5.41) is 2.20. The van der Waals surface area contributed by atoms with Crippen molar-refractivity contribution in [3.8, 4) is 0 Å². The Morgan fingerprint density at radius 2 is 2.23 bits per heavy atom. The number of carbonyl (C=O) groups excluding carboxylic acids is 1. The Hall–Kier alpha value is -0.610. The molecule has 0 bridgehead atoms. The molecule has 13 heavy (non-hydrogen) atoms. The summed E-state index contributed by atoms with van der Waals surface area (Å²) in [6.45, 7) is 3.10. The van der Waals surface area contributed by atoms with Crippen LogP contribution in [-0.4, -0.2) is 30.6 Å². The topological polar surface area (TPSA) is 58.4 Å². The van der Waals surface area contributed by atoms with E-state index >= 15 is 0 Å². The number of nitrogens with two attached hydrogens (primary N) is 1. The Balaban J connectivity index is 2.08. The smallest absolute Gasteiger partial charge is 0.217 e. The Bertz CT molecular complexity index is 153. The summed E-state index contributed by atoms with van der Waals surface area (Å²) < 4.78 is 0. The number of hydrogen-bond acceptors (Lipinski definition) is 3. The zero-order valence-corrected chi connectivity index (χ0v) is 8.09. The van der Waals surface area contributed by atoms with Crippen molar-refractivity contribution in [2.45, 2.75) is 32.1 Å². The molecule has 76 valence electrons. The fourth-order valence-corrected chi connectivity index (χ4v) is 1.56. The van der Waals surface area contributed by atoms with Crippen LogP contribution in [0.5, 0.6) is 0 Å². The molecule has 1 fully saturated rings. The van der Waals surface area contributed by atoms with Gasteiger partial charge in [0, 0.05) is 26.1 Å². The first-order valence-corrected chi connectivity index (χ1v) is 5.06. The van der Waals surface area contributed by atoms with Gasteiger partial charge in [-0.15, -0.1) is 0 Å². The Labute approximate surface area is 79.4 Å². The highest BCUT2D eigenvalue weighted by Crippen LogP contribution is 2.02. The third-order valence-electron chi connectivity index (χ3n) is 2.29. The lowest BCUT2D eigenvalue weighted by Gasteiger charge is -2.19. The van der Waals surface area contributed by atoms with Crippen LogP contribution in [0.2, 0.25) is 0 Å². The quantitative estimate of drug-likeness (QED) is 0.659. The van der Waals surface area contributed by atoms with Crippen molar-refractivity contribution in [2.24, 2.45) is 5.73 Å². The molecule has 1 heterocycles. The van der Waals surface area contributed by atoms with E-state index in [-0.39, 0.29) is 5.91 Å². The van der Waals surface area contributed by atoms with Crippen molar-refractivity contribution in [3.05, 3.63) is 0 Å². The number of nitrogens with zero attached hydrogens (tertiary/aromatic N) is 1. The summed E-state index contributed by atoms with van der Waals surface area (Å²) in [4.78, 5) is 10.5. The molecule has 1 amide bonds. The molecule has 0 unspecified atom stereocenters. The van der Waals surface area contributed by atoms with Crippen molar-refractivity contribution in [3.63, 3.8) is 0 Å².